The summed E-state index contributed by atoms with van der Waals surface area (Å²) >= 11 is 0. The van der Waals surface area contributed by atoms with Crippen molar-refractivity contribution < 1.29 is 17.9 Å². The summed E-state index contributed by atoms with van der Waals surface area (Å²) in [6.07, 6.45) is 7.93. The summed E-state index contributed by atoms with van der Waals surface area (Å²) in [4.78, 5) is 14.3. The molecule has 0 saturated heterocycles. The number of esters is 1. The molecule has 0 aromatic rings. The smallest absolute Gasteiger partial charge is 0.339 e. The number of hydrogen-bond donors (Lipinski definition) is 0. The minimum Gasteiger partial charge on any atom is -0.458 e. The van der Waals surface area contributed by atoms with E-state index < -0.39 is 10.0 Å². The van der Waals surface area contributed by atoms with Crippen molar-refractivity contribution in [3.8, 4) is 0 Å². The fourth-order valence-corrected chi connectivity index (χ4v) is 4.75. The van der Waals surface area contributed by atoms with Crippen molar-refractivity contribution in [1.82, 2.24) is 4.90 Å². The van der Waals surface area contributed by atoms with Gasteiger partial charge in [0.25, 0.3) is 10.0 Å². The highest BCUT2D eigenvalue weighted by Crippen LogP contribution is 2.35. The molecule has 0 aromatic carbocycles. The van der Waals surface area contributed by atoms with Crippen LogP contribution in [0.15, 0.2) is 28.3 Å². The second kappa shape index (κ2) is 6.94. The molecule has 1 saturated carbocycles. The molecular formula is C18H26N2O4S. The minimum atomic E-state index is -3.39. The lowest BCUT2D eigenvalue weighted by Gasteiger charge is -2.37. The maximum Gasteiger partial charge on any atom is 0.339 e. The Balaban J connectivity index is 1.72. The standard InChI is InChI=1S/C18H26N2O4S/c1-12(2)15-6-4-13(3)10-16(15)24-18(21)14-5-7-17-19-25(22,23)9-8-20(17)11-14/h5,7,11-13,15-16H,4,6,8-10H2,1-3H3/t13-,15-,16+/m1/s1. The molecular weight excluding hydrogens is 340 g/mol. The van der Waals surface area contributed by atoms with E-state index in [9.17, 15) is 13.2 Å². The Morgan fingerprint density at radius 2 is 2.08 bits per heavy atom. The van der Waals surface area contributed by atoms with E-state index in [4.69, 9.17) is 4.74 Å². The first-order chi connectivity index (χ1) is 11.7. The first kappa shape index (κ1) is 18.2. The van der Waals surface area contributed by atoms with Crippen molar-refractivity contribution in [3.05, 3.63) is 23.9 Å². The Kier molecular flexibility index (Phi) is 5.04. The van der Waals surface area contributed by atoms with Crippen LogP contribution < -0.4 is 0 Å². The van der Waals surface area contributed by atoms with Gasteiger partial charge in [-0.05, 0) is 42.7 Å². The van der Waals surface area contributed by atoms with Crippen LogP contribution in [-0.2, 0) is 19.6 Å². The first-order valence-electron chi connectivity index (χ1n) is 8.95. The molecule has 0 amide bonds. The van der Waals surface area contributed by atoms with E-state index in [1.165, 1.54) is 6.42 Å². The summed E-state index contributed by atoms with van der Waals surface area (Å²) in [5, 5.41) is 0. The van der Waals surface area contributed by atoms with E-state index in [0.717, 1.165) is 12.8 Å². The normalized spacial score (nSPS) is 31.2. The molecule has 3 rings (SSSR count). The lowest BCUT2D eigenvalue weighted by molar-refractivity contribution is -0.150. The molecule has 3 atom stereocenters. The van der Waals surface area contributed by atoms with Crippen molar-refractivity contribution in [3.63, 3.8) is 0 Å². The fourth-order valence-electron chi connectivity index (χ4n) is 3.78. The van der Waals surface area contributed by atoms with Crippen LogP contribution in [0.5, 0.6) is 0 Å². The summed E-state index contributed by atoms with van der Waals surface area (Å²) in [5.74, 6) is 1.41. The van der Waals surface area contributed by atoms with Gasteiger partial charge in [-0.1, -0.05) is 27.2 Å². The van der Waals surface area contributed by atoms with Crippen LogP contribution in [0.25, 0.3) is 0 Å². The molecule has 3 aliphatic rings. The molecule has 0 unspecified atom stereocenters. The predicted molar refractivity (Wildman–Crippen MR) is 96.4 cm³/mol. The van der Waals surface area contributed by atoms with Crippen LogP contribution in [0.1, 0.15) is 40.0 Å². The van der Waals surface area contributed by atoms with Gasteiger partial charge in [0, 0.05) is 12.7 Å². The quantitative estimate of drug-likeness (QED) is 0.717. The van der Waals surface area contributed by atoms with Crippen LogP contribution in [0.4, 0.5) is 0 Å². The van der Waals surface area contributed by atoms with Crippen LogP contribution in [0, 0.1) is 17.8 Å². The van der Waals surface area contributed by atoms with Gasteiger partial charge < -0.3 is 9.64 Å². The molecule has 1 aliphatic carbocycles. The summed E-state index contributed by atoms with van der Waals surface area (Å²) in [6.45, 7) is 6.86. The number of rotatable bonds is 3. The van der Waals surface area contributed by atoms with Crippen LogP contribution in [0.3, 0.4) is 0 Å². The van der Waals surface area contributed by atoms with Gasteiger partial charge >= 0.3 is 5.97 Å². The van der Waals surface area contributed by atoms with Gasteiger partial charge in [-0.2, -0.15) is 0 Å². The number of fused-ring (bicyclic) bond motifs is 1. The number of carbonyl (C=O) groups is 1. The Morgan fingerprint density at radius 3 is 2.80 bits per heavy atom. The third-order valence-electron chi connectivity index (χ3n) is 5.28. The lowest BCUT2D eigenvalue weighted by atomic mass is 9.75. The number of nitrogens with zero attached hydrogens (tertiary/aromatic N) is 2. The second-order valence-corrected chi connectivity index (χ2v) is 9.37. The average molecular weight is 366 g/mol. The van der Waals surface area contributed by atoms with Gasteiger partial charge in [-0.3, -0.25) is 0 Å². The Hall–Kier alpha value is -1.63. The van der Waals surface area contributed by atoms with Crippen molar-refractivity contribution in [1.29, 1.82) is 0 Å². The molecule has 0 radical (unpaired) electrons. The zero-order valence-corrected chi connectivity index (χ0v) is 15.8. The molecule has 0 N–H and O–H groups in total. The molecule has 2 heterocycles. The Labute approximate surface area is 149 Å². The summed E-state index contributed by atoms with van der Waals surface area (Å²) in [6, 6.07) is 0. The van der Waals surface area contributed by atoms with Crippen LogP contribution in [-0.4, -0.2) is 43.5 Å². The summed E-state index contributed by atoms with van der Waals surface area (Å²) < 4.78 is 32.7. The first-order valence-corrected chi connectivity index (χ1v) is 10.6. The predicted octanol–water partition coefficient (Wildman–Crippen LogP) is 2.49. The van der Waals surface area contributed by atoms with Gasteiger partial charge in [-0.15, -0.1) is 4.40 Å². The average Bonchev–Trinajstić information content (AvgIpc) is 2.53. The largest absolute Gasteiger partial charge is 0.458 e. The minimum absolute atomic E-state index is 0.0429. The maximum absolute atomic E-state index is 12.6. The Morgan fingerprint density at radius 1 is 1.32 bits per heavy atom. The second-order valence-electron chi connectivity index (χ2n) is 7.62. The van der Waals surface area contributed by atoms with Crippen molar-refractivity contribution in [2.24, 2.45) is 22.2 Å². The summed E-state index contributed by atoms with van der Waals surface area (Å²) in [7, 11) is -3.39. The summed E-state index contributed by atoms with van der Waals surface area (Å²) in [5.41, 5.74) is 0.444. The third kappa shape index (κ3) is 4.14. The lowest BCUT2D eigenvalue weighted by Crippen LogP contribution is -2.38. The number of hydrogen-bond acceptors (Lipinski definition) is 5. The van der Waals surface area contributed by atoms with E-state index in [2.05, 4.69) is 25.2 Å². The van der Waals surface area contributed by atoms with Crippen molar-refractivity contribution >= 4 is 21.8 Å². The van der Waals surface area contributed by atoms with Gasteiger partial charge in [0.15, 0.2) is 0 Å². The van der Waals surface area contributed by atoms with Gasteiger partial charge in [-0.25, -0.2) is 13.2 Å². The van der Waals surface area contributed by atoms with Gasteiger partial charge in [0.2, 0.25) is 0 Å². The molecule has 0 spiro atoms. The highest BCUT2D eigenvalue weighted by molar-refractivity contribution is 7.90. The van der Waals surface area contributed by atoms with E-state index in [1.54, 1.807) is 23.3 Å². The zero-order valence-electron chi connectivity index (χ0n) is 15.0. The van der Waals surface area contributed by atoms with E-state index in [-0.39, 0.29) is 17.8 Å². The Bertz CT molecular complexity index is 736. The van der Waals surface area contributed by atoms with Gasteiger partial charge in [0.1, 0.15) is 11.9 Å². The van der Waals surface area contributed by atoms with Crippen LogP contribution >= 0.6 is 0 Å². The molecule has 138 valence electrons. The van der Waals surface area contributed by atoms with E-state index in [0.29, 0.717) is 35.7 Å². The highest BCUT2D eigenvalue weighted by Gasteiger charge is 2.34. The molecule has 25 heavy (non-hydrogen) atoms. The number of amidine groups is 1. The molecule has 0 aromatic heterocycles. The molecule has 2 aliphatic heterocycles. The number of sulfonamides is 1. The topological polar surface area (TPSA) is 76.0 Å². The van der Waals surface area contributed by atoms with Crippen LogP contribution in [0.2, 0.25) is 0 Å². The monoisotopic (exact) mass is 366 g/mol. The molecule has 1 fully saturated rings. The highest BCUT2D eigenvalue weighted by atomic mass is 32.2. The van der Waals surface area contributed by atoms with Gasteiger partial charge in [0.05, 0.1) is 11.3 Å². The van der Waals surface area contributed by atoms with E-state index >= 15 is 0 Å². The third-order valence-corrected chi connectivity index (χ3v) is 6.44. The molecule has 7 heteroatoms. The fraction of sp³-hybridized carbons (Fsp3) is 0.667. The van der Waals surface area contributed by atoms with E-state index in [1.807, 2.05) is 0 Å². The number of ether oxygens (including phenoxy) is 1. The SMILES string of the molecule is CC(C)[C@H]1CC[C@@H](C)C[C@@H]1OC(=O)C1=CN2CCS(=O)(=O)N=C2C=C1. The molecule has 0 bridgehead atoms. The van der Waals surface area contributed by atoms with Crippen molar-refractivity contribution in [2.75, 3.05) is 12.3 Å². The maximum atomic E-state index is 12.6. The number of carbonyl (C=O) groups excluding carboxylic acids is 1. The molecule has 6 nitrogen and oxygen atoms in total. The zero-order chi connectivity index (χ0) is 18.2. The van der Waals surface area contributed by atoms with Crippen molar-refractivity contribution in [2.45, 2.75) is 46.1 Å².